The van der Waals surface area contributed by atoms with Gasteiger partial charge in [0.05, 0.1) is 15.6 Å². The molecule has 0 aromatic heterocycles. The van der Waals surface area contributed by atoms with Crippen LogP contribution in [0.1, 0.15) is 20.7 Å². The van der Waals surface area contributed by atoms with Crippen LogP contribution >= 0.6 is 23.2 Å². The summed E-state index contributed by atoms with van der Waals surface area (Å²) in [6, 6.07) is 10.5. The predicted octanol–water partition coefficient (Wildman–Crippen LogP) is 3.94. The summed E-state index contributed by atoms with van der Waals surface area (Å²) >= 11 is 11.6. The number of hydrogen-bond acceptors (Lipinski definition) is 2. The van der Waals surface area contributed by atoms with E-state index in [1.54, 1.807) is 12.1 Å². The Morgan fingerprint density at radius 2 is 1.70 bits per heavy atom. The van der Waals surface area contributed by atoms with Crippen molar-refractivity contribution in [3.05, 3.63) is 63.6 Å². The average molecular weight is 310 g/mol. The number of benzene rings is 2. The largest absolute Gasteiger partial charge is 0.478 e. The first-order valence-corrected chi connectivity index (χ1v) is 6.33. The summed E-state index contributed by atoms with van der Waals surface area (Å²) in [5.41, 5.74) is 0.818. The van der Waals surface area contributed by atoms with Crippen LogP contribution in [0.3, 0.4) is 0 Å². The second-order valence-electron chi connectivity index (χ2n) is 3.97. The number of aromatic carboxylic acids is 1. The topological polar surface area (TPSA) is 66.4 Å². The summed E-state index contributed by atoms with van der Waals surface area (Å²) in [5, 5.41) is 12.1. The van der Waals surface area contributed by atoms with Gasteiger partial charge in [-0.15, -0.1) is 0 Å². The highest BCUT2D eigenvalue weighted by Crippen LogP contribution is 2.23. The zero-order valence-electron chi connectivity index (χ0n) is 10.1. The van der Waals surface area contributed by atoms with Gasteiger partial charge in [-0.3, -0.25) is 4.79 Å². The normalized spacial score (nSPS) is 10.1. The molecule has 0 bridgehead atoms. The van der Waals surface area contributed by atoms with Gasteiger partial charge in [-0.2, -0.15) is 0 Å². The van der Waals surface area contributed by atoms with E-state index in [0.717, 1.165) is 0 Å². The first-order valence-electron chi connectivity index (χ1n) is 5.57. The Morgan fingerprint density at radius 3 is 2.35 bits per heavy atom. The number of carboxylic acids is 1. The fraction of sp³-hybridized carbons (Fsp3) is 0. The quantitative estimate of drug-likeness (QED) is 0.902. The molecule has 102 valence electrons. The zero-order valence-corrected chi connectivity index (χ0v) is 11.6. The van der Waals surface area contributed by atoms with Crippen molar-refractivity contribution in [3.8, 4) is 0 Å². The van der Waals surface area contributed by atoms with E-state index < -0.39 is 11.9 Å². The Hall–Kier alpha value is -2.04. The maximum Gasteiger partial charge on any atom is 0.335 e. The van der Waals surface area contributed by atoms with E-state index in [4.69, 9.17) is 28.3 Å². The Kier molecular flexibility index (Phi) is 4.27. The summed E-state index contributed by atoms with van der Waals surface area (Å²) in [7, 11) is 0. The molecule has 2 aromatic carbocycles. The van der Waals surface area contributed by atoms with Crippen molar-refractivity contribution in [1.82, 2.24) is 0 Å². The highest BCUT2D eigenvalue weighted by atomic mass is 35.5. The second-order valence-corrected chi connectivity index (χ2v) is 4.78. The van der Waals surface area contributed by atoms with Crippen LogP contribution in [-0.4, -0.2) is 17.0 Å². The van der Waals surface area contributed by atoms with Gasteiger partial charge in [0.1, 0.15) is 0 Å². The molecule has 0 saturated heterocycles. The average Bonchev–Trinajstić information content (AvgIpc) is 2.42. The molecule has 20 heavy (non-hydrogen) atoms. The smallest absolute Gasteiger partial charge is 0.335 e. The third-order valence-electron chi connectivity index (χ3n) is 2.55. The van der Waals surface area contributed by atoms with Crippen molar-refractivity contribution in [2.75, 3.05) is 5.32 Å². The lowest BCUT2D eigenvalue weighted by Crippen LogP contribution is -2.12. The molecule has 0 aliphatic carbocycles. The van der Waals surface area contributed by atoms with Crippen molar-refractivity contribution in [3.63, 3.8) is 0 Å². The van der Waals surface area contributed by atoms with Crippen molar-refractivity contribution < 1.29 is 14.7 Å². The third kappa shape index (κ3) is 3.29. The minimum Gasteiger partial charge on any atom is -0.478 e. The van der Waals surface area contributed by atoms with E-state index in [-0.39, 0.29) is 10.6 Å². The number of carbonyl (C=O) groups is 2. The number of carbonyl (C=O) groups excluding carboxylic acids is 1. The Labute approximate surface area is 124 Å². The standard InChI is InChI=1S/C14H9Cl2NO3/c15-11-5-4-8(7-12(11)16)13(18)17-10-3-1-2-9(6-10)14(19)20/h1-7H,(H,17,18)(H,19,20). The van der Waals surface area contributed by atoms with Crippen molar-refractivity contribution >= 4 is 40.8 Å². The van der Waals surface area contributed by atoms with Crippen LogP contribution in [0.15, 0.2) is 42.5 Å². The fourth-order valence-corrected chi connectivity index (χ4v) is 1.87. The lowest BCUT2D eigenvalue weighted by Gasteiger charge is -2.07. The van der Waals surface area contributed by atoms with Gasteiger partial charge in [0.25, 0.3) is 5.91 Å². The molecule has 0 unspecified atom stereocenters. The highest BCUT2D eigenvalue weighted by molar-refractivity contribution is 6.42. The number of carboxylic acid groups (broad SMARTS) is 1. The molecule has 2 N–H and O–H groups in total. The van der Waals surface area contributed by atoms with Gasteiger partial charge >= 0.3 is 5.97 Å². The number of hydrogen-bond donors (Lipinski definition) is 2. The van der Waals surface area contributed by atoms with E-state index in [9.17, 15) is 9.59 Å². The fourth-order valence-electron chi connectivity index (χ4n) is 1.57. The molecule has 0 spiro atoms. The molecular formula is C14H9Cl2NO3. The predicted molar refractivity (Wildman–Crippen MR) is 77.8 cm³/mol. The Bertz CT molecular complexity index is 686. The van der Waals surface area contributed by atoms with Gasteiger partial charge in [-0.05, 0) is 36.4 Å². The maximum atomic E-state index is 12.0. The zero-order chi connectivity index (χ0) is 14.7. The van der Waals surface area contributed by atoms with Crippen LogP contribution < -0.4 is 5.32 Å². The summed E-state index contributed by atoms with van der Waals surface area (Å²) in [6.45, 7) is 0. The number of halogens is 2. The minimum atomic E-state index is -1.06. The van der Waals surface area contributed by atoms with E-state index in [1.807, 2.05) is 0 Å². The van der Waals surface area contributed by atoms with Gasteiger partial charge < -0.3 is 10.4 Å². The van der Waals surface area contributed by atoms with Gasteiger partial charge in [0.15, 0.2) is 0 Å². The molecule has 0 fully saturated rings. The number of rotatable bonds is 3. The monoisotopic (exact) mass is 309 g/mol. The lowest BCUT2D eigenvalue weighted by atomic mass is 10.1. The maximum absolute atomic E-state index is 12.0. The van der Waals surface area contributed by atoms with Crippen LogP contribution in [0, 0.1) is 0 Å². The SMILES string of the molecule is O=C(O)c1cccc(NC(=O)c2ccc(Cl)c(Cl)c2)c1. The van der Waals surface area contributed by atoms with Crippen molar-refractivity contribution in [2.24, 2.45) is 0 Å². The molecule has 2 rings (SSSR count). The molecule has 1 amide bonds. The lowest BCUT2D eigenvalue weighted by molar-refractivity contribution is 0.0696. The van der Waals surface area contributed by atoms with Gasteiger partial charge in [-0.25, -0.2) is 4.79 Å². The molecule has 0 saturated carbocycles. The number of nitrogens with one attached hydrogen (secondary N) is 1. The van der Waals surface area contributed by atoms with Gasteiger partial charge in [0.2, 0.25) is 0 Å². The molecular weight excluding hydrogens is 301 g/mol. The molecule has 6 heteroatoms. The molecule has 0 aliphatic rings. The van der Waals surface area contributed by atoms with E-state index >= 15 is 0 Å². The van der Waals surface area contributed by atoms with Crippen LogP contribution in [0.5, 0.6) is 0 Å². The summed E-state index contributed by atoms with van der Waals surface area (Å²) < 4.78 is 0. The second kappa shape index (κ2) is 5.94. The molecule has 0 atom stereocenters. The molecule has 4 nitrogen and oxygen atoms in total. The molecule has 0 aliphatic heterocycles. The van der Waals surface area contributed by atoms with Gasteiger partial charge in [-0.1, -0.05) is 29.3 Å². The van der Waals surface area contributed by atoms with E-state index in [1.165, 1.54) is 30.3 Å². The summed E-state index contributed by atoms with van der Waals surface area (Å²) in [5.74, 6) is -1.46. The van der Waals surface area contributed by atoms with Crippen LogP contribution in [0.2, 0.25) is 10.0 Å². The van der Waals surface area contributed by atoms with Crippen molar-refractivity contribution in [1.29, 1.82) is 0 Å². The summed E-state index contributed by atoms with van der Waals surface area (Å²) in [6.07, 6.45) is 0. The molecule has 0 radical (unpaired) electrons. The Morgan fingerprint density at radius 1 is 0.950 bits per heavy atom. The number of amides is 1. The van der Waals surface area contributed by atoms with Crippen LogP contribution in [0.4, 0.5) is 5.69 Å². The van der Waals surface area contributed by atoms with Crippen molar-refractivity contribution in [2.45, 2.75) is 0 Å². The first kappa shape index (κ1) is 14.4. The highest BCUT2D eigenvalue weighted by Gasteiger charge is 2.10. The first-order chi connectivity index (χ1) is 9.47. The van der Waals surface area contributed by atoms with E-state index in [0.29, 0.717) is 16.3 Å². The summed E-state index contributed by atoms with van der Waals surface area (Å²) in [4.78, 5) is 22.8. The minimum absolute atomic E-state index is 0.0944. The van der Waals surface area contributed by atoms with E-state index in [2.05, 4.69) is 5.32 Å². The van der Waals surface area contributed by atoms with Crippen LogP contribution in [-0.2, 0) is 0 Å². The van der Waals surface area contributed by atoms with Crippen LogP contribution in [0.25, 0.3) is 0 Å². The third-order valence-corrected chi connectivity index (χ3v) is 3.29. The van der Waals surface area contributed by atoms with Gasteiger partial charge in [0, 0.05) is 11.3 Å². The molecule has 0 heterocycles. The number of anilines is 1. The molecule has 2 aromatic rings. The Balaban J connectivity index is 2.21.